The lowest BCUT2D eigenvalue weighted by Gasteiger charge is -2.45. The lowest BCUT2D eigenvalue weighted by Crippen LogP contribution is -2.59. The summed E-state index contributed by atoms with van der Waals surface area (Å²) in [5.74, 6) is -1.61. The quantitative estimate of drug-likeness (QED) is 0.738. The maximum atomic E-state index is 14.4. The molecule has 1 saturated heterocycles. The number of likely N-dealkylation sites (N-methyl/N-ethyl adjacent to an activating group) is 1. The van der Waals surface area contributed by atoms with E-state index in [0.29, 0.717) is 13.1 Å². The number of nitrogens with zero attached hydrogens (tertiary/aromatic N) is 3. The van der Waals surface area contributed by atoms with Crippen LogP contribution < -0.4 is 5.32 Å². The zero-order valence-electron chi connectivity index (χ0n) is 15.0. The molecule has 3 atom stereocenters. The minimum atomic E-state index is -1.29. The minimum Gasteiger partial charge on any atom is -0.465 e. The highest BCUT2D eigenvalue weighted by Crippen LogP contribution is 2.36. The van der Waals surface area contributed by atoms with Gasteiger partial charge in [-0.15, -0.1) is 0 Å². The number of carboxylic acid groups (broad SMARTS) is 1. The molecule has 1 fully saturated rings. The Morgan fingerprint density at radius 3 is 2.86 bits per heavy atom. The predicted molar refractivity (Wildman–Crippen MR) is 93.1 cm³/mol. The van der Waals surface area contributed by atoms with Gasteiger partial charge in [0, 0.05) is 31.3 Å². The molecular weight excluding hydrogens is 372 g/mol. The largest absolute Gasteiger partial charge is 0.465 e. The third kappa shape index (κ3) is 3.09. The van der Waals surface area contributed by atoms with Crippen LogP contribution in [0.2, 0.25) is 0 Å². The van der Waals surface area contributed by atoms with Crippen molar-refractivity contribution in [2.24, 2.45) is 0 Å². The topological polar surface area (TPSA) is 102 Å². The summed E-state index contributed by atoms with van der Waals surface area (Å²) in [5.41, 5.74) is 1.84. The van der Waals surface area contributed by atoms with E-state index < -0.39 is 35.9 Å². The number of nitrogens with one attached hydrogen (secondary N) is 2. The van der Waals surface area contributed by atoms with E-state index in [1.807, 2.05) is 4.90 Å². The van der Waals surface area contributed by atoms with Gasteiger partial charge in [-0.25, -0.2) is 13.6 Å². The molecule has 0 saturated carbocycles. The van der Waals surface area contributed by atoms with Crippen LogP contribution in [0.25, 0.3) is 0 Å². The van der Waals surface area contributed by atoms with Gasteiger partial charge in [-0.05, 0) is 24.6 Å². The van der Waals surface area contributed by atoms with Crippen LogP contribution in [0.1, 0.15) is 29.3 Å². The second-order valence-corrected chi connectivity index (χ2v) is 7.15. The van der Waals surface area contributed by atoms with Crippen molar-refractivity contribution >= 4 is 12.0 Å². The van der Waals surface area contributed by atoms with E-state index in [-0.39, 0.29) is 17.9 Å². The Labute approximate surface area is 159 Å². The molecule has 3 heterocycles. The van der Waals surface area contributed by atoms with E-state index >= 15 is 0 Å². The maximum Gasteiger partial charge on any atom is 0.404 e. The highest BCUT2D eigenvalue weighted by atomic mass is 19.1. The number of piperidine rings is 1. The summed E-state index contributed by atoms with van der Waals surface area (Å²) in [5, 5.41) is 18.5. The first-order valence-corrected chi connectivity index (χ1v) is 8.81. The maximum absolute atomic E-state index is 14.4. The highest BCUT2D eigenvalue weighted by molar-refractivity contribution is 5.84. The van der Waals surface area contributed by atoms with Gasteiger partial charge < -0.3 is 15.3 Å². The number of likely N-dealkylation sites (tertiary alicyclic amines) is 1. The van der Waals surface area contributed by atoms with E-state index in [4.69, 9.17) is 0 Å². The molecule has 1 unspecified atom stereocenters. The summed E-state index contributed by atoms with van der Waals surface area (Å²) < 4.78 is 28.1. The normalized spacial score (nSPS) is 25.0. The Morgan fingerprint density at radius 2 is 2.14 bits per heavy atom. The average molecular weight is 391 g/mol. The number of benzene rings is 1. The van der Waals surface area contributed by atoms with Crippen molar-refractivity contribution in [3.8, 4) is 0 Å². The zero-order chi connectivity index (χ0) is 20.0. The van der Waals surface area contributed by atoms with Crippen LogP contribution in [-0.2, 0) is 17.9 Å². The van der Waals surface area contributed by atoms with Gasteiger partial charge in [0.05, 0.1) is 30.0 Å². The number of halogens is 2. The Kier molecular flexibility index (Phi) is 4.50. The highest BCUT2D eigenvalue weighted by Gasteiger charge is 2.45. The fraction of sp³-hybridized carbons (Fsp3) is 0.389. The van der Waals surface area contributed by atoms with Crippen LogP contribution in [0.4, 0.5) is 13.6 Å². The number of hydrogen-bond acceptors (Lipinski definition) is 4. The number of hydrogen-bond donors (Lipinski definition) is 3. The third-order valence-electron chi connectivity index (χ3n) is 5.48. The fourth-order valence-corrected chi connectivity index (χ4v) is 4.19. The number of rotatable bonds is 3. The molecular formula is C18H19F2N5O3. The van der Waals surface area contributed by atoms with E-state index in [1.54, 1.807) is 6.20 Å². The number of carbonyl (C=O) groups is 2. The first-order chi connectivity index (χ1) is 13.3. The average Bonchev–Trinajstić information content (AvgIpc) is 3.22. The van der Waals surface area contributed by atoms with E-state index in [2.05, 4.69) is 15.5 Å². The molecule has 0 radical (unpaired) electrons. The molecule has 0 spiro atoms. The van der Waals surface area contributed by atoms with Gasteiger partial charge in [-0.1, -0.05) is 0 Å². The molecule has 1 aromatic carbocycles. The molecule has 0 aliphatic carbocycles. The number of fused-ring (bicyclic) bond motifs is 1. The van der Waals surface area contributed by atoms with Crippen molar-refractivity contribution in [3.05, 3.63) is 52.9 Å². The molecule has 8 nitrogen and oxygen atoms in total. The Bertz CT molecular complexity index is 913. The first kappa shape index (κ1) is 18.4. The summed E-state index contributed by atoms with van der Waals surface area (Å²) in [6, 6.07) is 0.643. The number of aromatic amines is 1. The third-order valence-corrected chi connectivity index (χ3v) is 5.48. The number of aromatic nitrogens is 2. The second-order valence-electron chi connectivity index (χ2n) is 7.15. The van der Waals surface area contributed by atoms with Gasteiger partial charge in [0.2, 0.25) is 5.91 Å². The van der Waals surface area contributed by atoms with Gasteiger partial charge in [-0.3, -0.25) is 14.8 Å². The van der Waals surface area contributed by atoms with Crippen LogP contribution in [-0.4, -0.2) is 56.2 Å². The van der Waals surface area contributed by atoms with E-state index in [9.17, 15) is 23.5 Å². The molecule has 2 aliphatic heterocycles. The van der Waals surface area contributed by atoms with Crippen molar-refractivity contribution < 1.29 is 23.5 Å². The summed E-state index contributed by atoms with van der Waals surface area (Å²) in [7, 11) is 1.48. The van der Waals surface area contributed by atoms with Crippen molar-refractivity contribution in [2.75, 3.05) is 7.05 Å². The van der Waals surface area contributed by atoms with E-state index in [0.717, 1.165) is 29.5 Å². The summed E-state index contributed by atoms with van der Waals surface area (Å²) >= 11 is 0. The van der Waals surface area contributed by atoms with Gasteiger partial charge >= 0.3 is 6.09 Å². The van der Waals surface area contributed by atoms with Crippen LogP contribution >= 0.6 is 0 Å². The molecule has 148 valence electrons. The van der Waals surface area contributed by atoms with Crippen LogP contribution in [0, 0.1) is 11.6 Å². The molecule has 10 heteroatoms. The molecule has 4 rings (SSSR count). The summed E-state index contributed by atoms with van der Waals surface area (Å²) in [6.07, 6.45) is 0.557. The summed E-state index contributed by atoms with van der Waals surface area (Å²) in [4.78, 5) is 27.6. The van der Waals surface area contributed by atoms with Crippen LogP contribution in [0.15, 0.2) is 24.4 Å². The lowest BCUT2D eigenvalue weighted by atomic mass is 9.87. The Balaban J connectivity index is 1.65. The van der Waals surface area contributed by atoms with Crippen molar-refractivity contribution in [1.29, 1.82) is 0 Å². The standard InChI is InChI=1S/C18H19F2N5O3/c1-24-16(11-4-10(19)2-3-12(11)20)13(22-18(27)28)5-15(17(24)26)25-7-9-6-21-23-14(9)8-25/h2-4,6,13,15-16,22H,5,7-8H2,1H3,(H,21,23)(H,27,28)/t13-,15?,16-/m0/s1. The number of carbonyl (C=O) groups excluding carboxylic acids is 1. The van der Waals surface area contributed by atoms with Crippen molar-refractivity contribution in [1.82, 2.24) is 25.3 Å². The SMILES string of the molecule is CN1C(=O)C(N2Cc3cn[nH]c3C2)C[C@H](NC(=O)O)[C@@H]1c1cc(F)ccc1F. The molecule has 0 bridgehead atoms. The monoisotopic (exact) mass is 391 g/mol. The minimum absolute atomic E-state index is 0.0520. The van der Waals surface area contributed by atoms with Crippen molar-refractivity contribution in [3.63, 3.8) is 0 Å². The van der Waals surface area contributed by atoms with Gasteiger partial charge in [0.25, 0.3) is 0 Å². The molecule has 2 amide bonds. The molecule has 3 N–H and O–H groups in total. The Hall–Kier alpha value is -3.01. The molecule has 2 aliphatic rings. The summed E-state index contributed by atoms with van der Waals surface area (Å²) in [6.45, 7) is 0.993. The lowest BCUT2D eigenvalue weighted by molar-refractivity contribution is -0.144. The van der Waals surface area contributed by atoms with Crippen LogP contribution in [0.3, 0.4) is 0 Å². The van der Waals surface area contributed by atoms with Gasteiger partial charge in [0.1, 0.15) is 11.6 Å². The Morgan fingerprint density at radius 1 is 1.36 bits per heavy atom. The number of H-pyrrole nitrogens is 1. The smallest absolute Gasteiger partial charge is 0.404 e. The van der Waals surface area contributed by atoms with Gasteiger partial charge in [0.15, 0.2) is 0 Å². The molecule has 2 aromatic rings. The molecule has 28 heavy (non-hydrogen) atoms. The zero-order valence-corrected chi connectivity index (χ0v) is 15.0. The van der Waals surface area contributed by atoms with Crippen LogP contribution in [0.5, 0.6) is 0 Å². The number of amides is 2. The van der Waals surface area contributed by atoms with Gasteiger partial charge in [-0.2, -0.15) is 5.10 Å². The predicted octanol–water partition coefficient (Wildman–Crippen LogP) is 1.61. The first-order valence-electron chi connectivity index (χ1n) is 8.81. The fourth-order valence-electron chi connectivity index (χ4n) is 4.19. The van der Waals surface area contributed by atoms with Crippen molar-refractivity contribution in [2.45, 2.75) is 37.6 Å². The second kappa shape index (κ2) is 6.86. The van der Waals surface area contributed by atoms with E-state index in [1.165, 1.54) is 11.9 Å². The molecule has 1 aromatic heterocycles.